The van der Waals surface area contributed by atoms with Crippen LogP contribution in [-0.4, -0.2) is 16.0 Å². The molecule has 1 heterocycles. The smallest absolute Gasteiger partial charge is 0.259 e. The molecule has 2 N–H and O–H groups in total. The monoisotopic (exact) mass is 306 g/mol. The summed E-state index contributed by atoms with van der Waals surface area (Å²) >= 11 is 3.36. The van der Waals surface area contributed by atoms with Crippen LogP contribution < -0.4 is 5.32 Å². The lowest BCUT2D eigenvalue weighted by atomic mass is 10.2. The number of benzene rings is 1. The first-order chi connectivity index (χ1) is 8.72. The number of nitrogens with one attached hydrogen (secondary N) is 1. The van der Waals surface area contributed by atoms with Crippen molar-refractivity contribution in [3.05, 3.63) is 53.9 Å². The van der Waals surface area contributed by atoms with Crippen LogP contribution in [0.15, 0.2) is 42.7 Å². The van der Waals surface area contributed by atoms with Crippen molar-refractivity contribution in [1.29, 1.82) is 0 Å². The standard InChI is InChI=1S/C13H11BrN2O2/c14-7-9-3-1-2-4-11(9)16-13(18)10-5-6-15-8-12(10)17/h1-6,8,17H,7H2,(H,16,18). The number of pyridine rings is 1. The van der Waals surface area contributed by atoms with Crippen LogP contribution in [0.25, 0.3) is 0 Å². The normalized spacial score (nSPS) is 10.1. The highest BCUT2D eigenvalue weighted by atomic mass is 79.9. The number of carbonyl (C=O) groups excluding carboxylic acids is 1. The lowest BCUT2D eigenvalue weighted by Crippen LogP contribution is -2.13. The zero-order valence-electron chi connectivity index (χ0n) is 9.43. The Morgan fingerprint density at radius 1 is 1.33 bits per heavy atom. The average Bonchev–Trinajstić information content (AvgIpc) is 2.39. The number of aromatic nitrogens is 1. The highest BCUT2D eigenvalue weighted by Crippen LogP contribution is 2.21. The zero-order chi connectivity index (χ0) is 13.0. The van der Waals surface area contributed by atoms with E-state index in [9.17, 15) is 9.90 Å². The Morgan fingerprint density at radius 3 is 2.83 bits per heavy atom. The molecular formula is C13H11BrN2O2. The van der Waals surface area contributed by atoms with Crippen LogP contribution in [0, 0.1) is 0 Å². The molecule has 0 aliphatic carbocycles. The second-order valence-electron chi connectivity index (χ2n) is 3.64. The van der Waals surface area contributed by atoms with Gasteiger partial charge in [0.2, 0.25) is 0 Å². The van der Waals surface area contributed by atoms with Crippen LogP contribution in [-0.2, 0) is 5.33 Å². The van der Waals surface area contributed by atoms with E-state index in [4.69, 9.17) is 0 Å². The molecule has 92 valence electrons. The van der Waals surface area contributed by atoms with Crippen molar-refractivity contribution < 1.29 is 9.90 Å². The fourth-order valence-corrected chi connectivity index (χ4v) is 2.02. The summed E-state index contributed by atoms with van der Waals surface area (Å²) in [6, 6.07) is 8.94. The van der Waals surface area contributed by atoms with E-state index in [2.05, 4.69) is 26.2 Å². The third-order valence-electron chi connectivity index (χ3n) is 2.45. The SMILES string of the molecule is O=C(Nc1ccccc1CBr)c1ccncc1O. The molecule has 0 radical (unpaired) electrons. The largest absolute Gasteiger partial charge is 0.505 e. The van der Waals surface area contributed by atoms with Crippen LogP contribution in [0.3, 0.4) is 0 Å². The molecular weight excluding hydrogens is 296 g/mol. The topological polar surface area (TPSA) is 62.2 Å². The molecule has 1 amide bonds. The summed E-state index contributed by atoms with van der Waals surface area (Å²) in [5, 5.41) is 13.0. The van der Waals surface area contributed by atoms with Crippen molar-refractivity contribution in [2.75, 3.05) is 5.32 Å². The lowest BCUT2D eigenvalue weighted by Gasteiger charge is -2.09. The number of anilines is 1. The second kappa shape index (κ2) is 5.64. The molecule has 1 aromatic heterocycles. The van der Waals surface area contributed by atoms with Gasteiger partial charge >= 0.3 is 0 Å². The third-order valence-corrected chi connectivity index (χ3v) is 3.06. The van der Waals surface area contributed by atoms with Gasteiger partial charge in [0.1, 0.15) is 5.75 Å². The average molecular weight is 307 g/mol. The predicted octanol–water partition coefficient (Wildman–Crippen LogP) is 2.93. The van der Waals surface area contributed by atoms with Crippen molar-refractivity contribution >= 4 is 27.5 Å². The predicted molar refractivity (Wildman–Crippen MR) is 72.9 cm³/mol. The van der Waals surface area contributed by atoms with E-state index in [0.29, 0.717) is 5.33 Å². The first-order valence-corrected chi connectivity index (χ1v) is 6.42. The van der Waals surface area contributed by atoms with Gasteiger partial charge in [0, 0.05) is 17.2 Å². The fraction of sp³-hybridized carbons (Fsp3) is 0.0769. The molecule has 0 aliphatic heterocycles. The van der Waals surface area contributed by atoms with Gasteiger partial charge in [-0.1, -0.05) is 34.1 Å². The van der Waals surface area contributed by atoms with Gasteiger partial charge in [0.15, 0.2) is 0 Å². The number of rotatable bonds is 3. The lowest BCUT2D eigenvalue weighted by molar-refractivity contribution is 0.102. The van der Waals surface area contributed by atoms with Crippen LogP contribution in [0.4, 0.5) is 5.69 Å². The van der Waals surface area contributed by atoms with Gasteiger partial charge in [0.25, 0.3) is 5.91 Å². The summed E-state index contributed by atoms with van der Waals surface area (Å²) in [4.78, 5) is 15.7. The molecule has 0 fully saturated rings. The quantitative estimate of drug-likeness (QED) is 0.857. The summed E-state index contributed by atoms with van der Waals surface area (Å²) in [6.07, 6.45) is 2.70. The Labute approximate surface area is 113 Å². The molecule has 2 rings (SSSR count). The molecule has 0 bridgehead atoms. The minimum atomic E-state index is -0.358. The molecule has 18 heavy (non-hydrogen) atoms. The van der Waals surface area contributed by atoms with E-state index in [1.165, 1.54) is 18.5 Å². The second-order valence-corrected chi connectivity index (χ2v) is 4.20. The summed E-state index contributed by atoms with van der Waals surface area (Å²) < 4.78 is 0. The number of hydrogen-bond acceptors (Lipinski definition) is 3. The van der Waals surface area contributed by atoms with Gasteiger partial charge in [-0.05, 0) is 17.7 Å². The summed E-state index contributed by atoms with van der Waals surface area (Å²) in [5.41, 5.74) is 1.89. The molecule has 0 spiro atoms. The fourth-order valence-electron chi connectivity index (χ4n) is 1.53. The van der Waals surface area contributed by atoms with Gasteiger partial charge in [0.05, 0.1) is 11.8 Å². The number of alkyl halides is 1. The number of aromatic hydroxyl groups is 1. The number of carbonyl (C=O) groups is 1. The van der Waals surface area contributed by atoms with Crippen molar-refractivity contribution in [2.24, 2.45) is 0 Å². The van der Waals surface area contributed by atoms with E-state index >= 15 is 0 Å². The Hall–Kier alpha value is -1.88. The maximum Gasteiger partial charge on any atom is 0.259 e. The number of hydrogen-bond donors (Lipinski definition) is 2. The Morgan fingerprint density at radius 2 is 2.11 bits per heavy atom. The highest BCUT2D eigenvalue weighted by molar-refractivity contribution is 9.08. The minimum Gasteiger partial charge on any atom is -0.505 e. The van der Waals surface area contributed by atoms with Crippen molar-refractivity contribution in [1.82, 2.24) is 4.98 Å². The van der Waals surface area contributed by atoms with Gasteiger partial charge in [-0.2, -0.15) is 0 Å². The van der Waals surface area contributed by atoms with Gasteiger partial charge in [-0.3, -0.25) is 9.78 Å². The molecule has 2 aromatic rings. The minimum absolute atomic E-state index is 0.133. The van der Waals surface area contributed by atoms with Crippen LogP contribution in [0.5, 0.6) is 5.75 Å². The zero-order valence-corrected chi connectivity index (χ0v) is 11.0. The number of halogens is 1. The molecule has 0 saturated carbocycles. The van der Waals surface area contributed by atoms with Gasteiger partial charge in [-0.15, -0.1) is 0 Å². The van der Waals surface area contributed by atoms with E-state index in [1.54, 1.807) is 0 Å². The number of nitrogens with zero attached hydrogens (tertiary/aromatic N) is 1. The van der Waals surface area contributed by atoms with Crippen molar-refractivity contribution in [3.8, 4) is 5.75 Å². The molecule has 0 aliphatic rings. The van der Waals surface area contributed by atoms with Crippen molar-refractivity contribution in [2.45, 2.75) is 5.33 Å². The van der Waals surface area contributed by atoms with E-state index in [-0.39, 0.29) is 17.2 Å². The first kappa shape index (κ1) is 12.6. The van der Waals surface area contributed by atoms with Gasteiger partial charge in [-0.25, -0.2) is 0 Å². The molecule has 0 atom stereocenters. The summed E-state index contributed by atoms with van der Waals surface area (Å²) in [6.45, 7) is 0. The first-order valence-electron chi connectivity index (χ1n) is 5.30. The summed E-state index contributed by atoms with van der Waals surface area (Å²) in [7, 11) is 0. The maximum absolute atomic E-state index is 12.0. The molecule has 0 unspecified atom stereocenters. The molecule has 1 aromatic carbocycles. The third kappa shape index (κ3) is 2.68. The highest BCUT2D eigenvalue weighted by Gasteiger charge is 2.12. The Kier molecular flexibility index (Phi) is 3.94. The van der Waals surface area contributed by atoms with E-state index < -0.39 is 0 Å². The van der Waals surface area contributed by atoms with Crippen LogP contribution in [0.2, 0.25) is 0 Å². The summed E-state index contributed by atoms with van der Waals surface area (Å²) in [5.74, 6) is -0.491. The van der Waals surface area contributed by atoms with Crippen molar-refractivity contribution in [3.63, 3.8) is 0 Å². The molecule has 5 heteroatoms. The van der Waals surface area contributed by atoms with E-state index in [0.717, 1.165) is 11.3 Å². The number of amides is 1. The number of para-hydroxylation sites is 1. The van der Waals surface area contributed by atoms with E-state index in [1.807, 2.05) is 24.3 Å². The van der Waals surface area contributed by atoms with Gasteiger partial charge < -0.3 is 10.4 Å². The Bertz CT molecular complexity index is 572. The molecule has 0 saturated heterocycles. The van der Waals surface area contributed by atoms with Crippen LogP contribution in [0.1, 0.15) is 15.9 Å². The molecule has 4 nitrogen and oxygen atoms in total. The van der Waals surface area contributed by atoms with Crippen LogP contribution >= 0.6 is 15.9 Å². The Balaban J connectivity index is 2.24. The maximum atomic E-state index is 12.0.